The number of ether oxygens (including phenoxy) is 1. The van der Waals surface area contributed by atoms with E-state index in [-0.39, 0.29) is 18.4 Å². The molecule has 0 bridgehead atoms. The molecular formula is C15H24ClNO. The first kappa shape index (κ1) is 15.3. The van der Waals surface area contributed by atoms with E-state index in [1.165, 1.54) is 43.2 Å². The number of nitrogens with two attached hydrogens (primary N) is 1. The van der Waals surface area contributed by atoms with Crippen molar-refractivity contribution in [3.63, 3.8) is 0 Å². The van der Waals surface area contributed by atoms with Gasteiger partial charge in [0, 0.05) is 6.04 Å². The standard InChI is InChI=1S/C15H23NO.ClH/c1-11-10-13(17-2)8-9-14(11)15(16)12-6-4-3-5-7-12;/h8-10,12,15H,3-7,16H2,1-2H3;1H/t15-;/m0./s1. The van der Waals surface area contributed by atoms with Gasteiger partial charge in [0.25, 0.3) is 0 Å². The van der Waals surface area contributed by atoms with E-state index in [4.69, 9.17) is 10.5 Å². The number of benzene rings is 1. The predicted molar refractivity (Wildman–Crippen MR) is 78.5 cm³/mol. The highest BCUT2D eigenvalue weighted by atomic mass is 35.5. The zero-order valence-corrected chi connectivity index (χ0v) is 12.1. The Hall–Kier alpha value is -0.730. The molecule has 0 heterocycles. The Balaban J connectivity index is 0.00000162. The SMILES string of the molecule is COc1ccc([C@@H](N)C2CCCCC2)c(C)c1.Cl. The van der Waals surface area contributed by atoms with E-state index in [9.17, 15) is 0 Å². The summed E-state index contributed by atoms with van der Waals surface area (Å²) in [7, 11) is 1.70. The van der Waals surface area contributed by atoms with Crippen LogP contribution in [0.15, 0.2) is 18.2 Å². The van der Waals surface area contributed by atoms with Gasteiger partial charge >= 0.3 is 0 Å². The highest BCUT2D eigenvalue weighted by Crippen LogP contribution is 2.34. The fraction of sp³-hybridized carbons (Fsp3) is 0.600. The van der Waals surface area contributed by atoms with Crippen LogP contribution < -0.4 is 10.5 Å². The summed E-state index contributed by atoms with van der Waals surface area (Å²) in [4.78, 5) is 0. The maximum Gasteiger partial charge on any atom is 0.119 e. The van der Waals surface area contributed by atoms with Crippen molar-refractivity contribution in [3.8, 4) is 5.75 Å². The average Bonchev–Trinajstić information content (AvgIpc) is 2.39. The highest BCUT2D eigenvalue weighted by molar-refractivity contribution is 5.85. The van der Waals surface area contributed by atoms with Gasteiger partial charge in [-0.3, -0.25) is 0 Å². The molecule has 1 atom stereocenters. The van der Waals surface area contributed by atoms with Crippen molar-refractivity contribution in [1.82, 2.24) is 0 Å². The Morgan fingerprint density at radius 2 is 1.89 bits per heavy atom. The van der Waals surface area contributed by atoms with Gasteiger partial charge in [0.05, 0.1) is 7.11 Å². The second-order valence-electron chi connectivity index (χ2n) is 5.15. The van der Waals surface area contributed by atoms with E-state index in [2.05, 4.69) is 19.1 Å². The van der Waals surface area contributed by atoms with Crippen molar-refractivity contribution < 1.29 is 4.74 Å². The topological polar surface area (TPSA) is 35.2 Å². The molecule has 0 unspecified atom stereocenters. The number of hydrogen-bond acceptors (Lipinski definition) is 2. The van der Waals surface area contributed by atoms with Crippen LogP contribution in [0.4, 0.5) is 0 Å². The van der Waals surface area contributed by atoms with Crippen LogP contribution in [-0.4, -0.2) is 7.11 Å². The summed E-state index contributed by atoms with van der Waals surface area (Å²) >= 11 is 0. The van der Waals surface area contributed by atoms with Crippen molar-refractivity contribution in [3.05, 3.63) is 29.3 Å². The Labute approximate surface area is 116 Å². The molecule has 102 valence electrons. The third-order valence-corrected chi connectivity index (χ3v) is 3.99. The van der Waals surface area contributed by atoms with Gasteiger partial charge in [0.2, 0.25) is 0 Å². The van der Waals surface area contributed by atoms with Crippen LogP contribution in [-0.2, 0) is 0 Å². The van der Waals surface area contributed by atoms with Crippen LogP contribution in [0.2, 0.25) is 0 Å². The van der Waals surface area contributed by atoms with Crippen molar-refractivity contribution in [1.29, 1.82) is 0 Å². The first-order chi connectivity index (χ1) is 8.22. The molecule has 2 rings (SSSR count). The van der Waals surface area contributed by atoms with E-state index in [1.54, 1.807) is 7.11 Å². The monoisotopic (exact) mass is 269 g/mol. The van der Waals surface area contributed by atoms with Gasteiger partial charge in [-0.15, -0.1) is 12.4 Å². The van der Waals surface area contributed by atoms with E-state index >= 15 is 0 Å². The Morgan fingerprint density at radius 3 is 2.44 bits per heavy atom. The summed E-state index contributed by atoms with van der Waals surface area (Å²) in [6, 6.07) is 6.43. The van der Waals surface area contributed by atoms with Crippen LogP contribution in [0, 0.1) is 12.8 Å². The van der Waals surface area contributed by atoms with Crippen LogP contribution in [0.3, 0.4) is 0 Å². The molecule has 0 saturated heterocycles. The molecule has 0 amide bonds. The van der Waals surface area contributed by atoms with Crippen LogP contribution in [0.5, 0.6) is 5.75 Å². The lowest BCUT2D eigenvalue weighted by Gasteiger charge is -2.28. The number of aryl methyl sites for hydroxylation is 1. The fourth-order valence-electron chi connectivity index (χ4n) is 2.90. The quantitative estimate of drug-likeness (QED) is 0.900. The number of methoxy groups -OCH3 is 1. The summed E-state index contributed by atoms with van der Waals surface area (Å²) in [5.41, 5.74) is 8.96. The zero-order chi connectivity index (χ0) is 12.3. The lowest BCUT2D eigenvalue weighted by Crippen LogP contribution is -2.24. The molecule has 1 aliphatic rings. The summed E-state index contributed by atoms with van der Waals surface area (Å²) in [5, 5.41) is 0. The molecule has 0 aromatic heterocycles. The van der Waals surface area contributed by atoms with Crippen molar-refractivity contribution in [2.24, 2.45) is 11.7 Å². The number of hydrogen-bond donors (Lipinski definition) is 1. The van der Waals surface area contributed by atoms with Crippen LogP contribution in [0.1, 0.15) is 49.3 Å². The first-order valence-electron chi connectivity index (χ1n) is 6.62. The smallest absolute Gasteiger partial charge is 0.119 e. The lowest BCUT2D eigenvalue weighted by molar-refractivity contribution is 0.307. The minimum atomic E-state index is 0. The molecule has 1 aromatic carbocycles. The first-order valence-corrected chi connectivity index (χ1v) is 6.62. The van der Waals surface area contributed by atoms with E-state index in [0.717, 1.165) is 5.75 Å². The molecular weight excluding hydrogens is 246 g/mol. The van der Waals surface area contributed by atoms with Crippen molar-refractivity contribution >= 4 is 12.4 Å². The molecule has 18 heavy (non-hydrogen) atoms. The van der Waals surface area contributed by atoms with E-state index in [0.29, 0.717) is 5.92 Å². The third kappa shape index (κ3) is 3.39. The van der Waals surface area contributed by atoms with Gasteiger partial charge in [0.1, 0.15) is 5.75 Å². The Kier molecular flexibility index (Phi) is 5.97. The van der Waals surface area contributed by atoms with Gasteiger partial charge in [-0.25, -0.2) is 0 Å². The molecule has 0 spiro atoms. The summed E-state index contributed by atoms with van der Waals surface area (Å²) in [5.74, 6) is 1.58. The van der Waals surface area contributed by atoms with Gasteiger partial charge in [-0.05, 0) is 48.9 Å². The molecule has 0 radical (unpaired) electrons. The predicted octanol–water partition coefficient (Wildman–Crippen LogP) is 4.01. The van der Waals surface area contributed by atoms with Crippen LogP contribution >= 0.6 is 12.4 Å². The molecule has 1 saturated carbocycles. The van der Waals surface area contributed by atoms with Crippen molar-refractivity contribution in [2.75, 3.05) is 7.11 Å². The van der Waals surface area contributed by atoms with Gasteiger partial charge < -0.3 is 10.5 Å². The van der Waals surface area contributed by atoms with Crippen LogP contribution in [0.25, 0.3) is 0 Å². The maximum absolute atomic E-state index is 6.42. The Morgan fingerprint density at radius 1 is 1.22 bits per heavy atom. The molecule has 3 heteroatoms. The third-order valence-electron chi connectivity index (χ3n) is 3.99. The second kappa shape index (κ2) is 7.01. The van der Waals surface area contributed by atoms with E-state index < -0.39 is 0 Å². The van der Waals surface area contributed by atoms with Gasteiger partial charge in [0.15, 0.2) is 0 Å². The molecule has 2 N–H and O–H groups in total. The maximum atomic E-state index is 6.42. The van der Waals surface area contributed by atoms with Crippen molar-refractivity contribution in [2.45, 2.75) is 45.1 Å². The zero-order valence-electron chi connectivity index (χ0n) is 11.3. The molecule has 0 aliphatic heterocycles. The average molecular weight is 270 g/mol. The fourth-order valence-corrected chi connectivity index (χ4v) is 2.90. The summed E-state index contributed by atoms with van der Waals surface area (Å²) < 4.78 is 5.23. The lowest BCUT2D eigenvalue weighted by atomic mass is 9.80. The molecule has 1 aromatic rings. The number of rotatable bonds is 3. The normalized spacial score (nSPS) is 17.9. The summed E-state index contributed by atoms with van der Waals surface area (Å²) in [6.07, 6.45) is 6.63. The highest BCUT2D eigenvalue weighted by Gasteiger charge is 2.22. The van der Waals surface area contributed by atoms with Gasteiger partial charge in [-0.2, -0.15) is 0 Å². The second-order valence-corrected chi connectivity index (χ2v) is 5.15. The Bertz CT molecular complexity index is 375. The minimum Gasteiger partial charge on any atom is -0.497 e. The molecule has 1 fully saturated rings. The van der Waals surface area contributed by atoms with Gasteiger partial charge in [-0.1, -0.05) is 25.3 Å². The summed E-state index contributed by atoms with van der Waals surface area (Å²) in [6.45, 7) is 2.13. The van der Waals surface area contributed by atoms with E-state index in [1.807, 2.05) is 6.07 Å². The molecule has 1 aliphatic carbocycles. The molecule has 2 nitrogen and oxygen atoms in total. The largest absolute Gasteiger partial charge is 0.497 e. The minimum absolute atomic E-state index is 0. The number of halogens is 1.